The predicted octanol–water partition coefficient (Wildman–Crippen LogP) is 5.86. The summed E-state index contributed by atoms with van der Waals surface area (Å²) in [6.45, 7) is 9.55. The highest BCUT2D eigenvalue weighted by molar-refractivity contribution is 6.33. The molecule has 0 fully saturated rings. The number of alkyl halides is 3. The summed E-state index contributed by atoms with van der Waals surface area (Å²) >= 11 is 0. The number of benzene rings is 3. The normalized spacial score (nSPS) is 16.4. The van der Waals surface area contributed by atoms with Gasteiger partial charge < -0.3 is 0 Å². The first-order chi connectivity index (χ1) is 19.6. The van der Waals surface area contributed by atoms with E-state index in [0.29, 0.717) is 11.1 Å². The first-order valence-electron chi connectivity index (χ1n) is 12.1. The Morgan fingerprint density at radius 1 is 0.951 bits per heavy atom. The summed E-state index contributed by atoms with van der Waals surface area (Å²) in [4.78, 5) is 36.8. The number of halogens is 3. The van der Waals surface area contributed by atoms with E-state index in [4.69, 9.17) is 6.57 Å². The highest BCUT2D eigenvalue weighted by atomic mass is 19.4. The Kier molecular flexibility index (Phi) is 5.71. The topological polar surface area (TPSA) is 99.5 Å². The highest BCUT2D eigenvalue weighted by Gasteiger charge is 2.43. The monoisotopic (exact) mass is 551 g/mol. The van der Waals surface area contributed by atoms with Crippen molar-refractivity contribution in [2.45, 2.75) is 19.1 Å². The van der Waals surface area contributed by atoms with E-state index in [9.17, 15) is 28.0 Å². The van der Waals surface area contributed by atoms with Crippen LogP contribution in [0.4, 0.5) is 30.8 Å². The van der Waals surface area contributed by atoms with Crippen molar-refractivity contribution < 1.29 is 22.8 Å². The van der Waals surface area contributed by atoms with Gasteiger partial charge in [0.2, 0.25) is 11.6 Å². The number of aromatic nitrogens is 3. The molecule has 0 spiro atoms. The molecule has 2 aliphatic rings. The van der Waals surface area contributed by atoms with Crippen LogP contribution in [0.1, 0.15) is 50.4 Å². The molecule has 9 nitrogen and oxygen atoms in total. The number of allylic oxidation sites excluding steroid dienone is 2. The standard InChI is InChI=1S/C29H16F3N7O2/c1-16-23(34-2)24(18-12-10-17(15-33)11-13-18)39-28(37(16)20-7-5-6-19(14-20)29(30,31)32)35-27(36-39)38-25(40)21-8-3-4-9-22(21)26(38)41/h3-14,24H,1H3/t24-/m1/s1. The second-order valence-electron chi connectivity index (χ2n) is 9.25. The largest absolute Gasteiger partial charge is 0.416 e. The lowest BCUT2D eigenvalue weighted by Crippen LogP contribution is -2.31. The number of carbonyl (C=O) groups is 2. The van der Waals surface area contributed by atoms with E-state index in [0.717, 1.165) is 17.0 Å². The molecule has 6 rings (SSSR count). The van der Waals surface area contributed by atoms with Crippen molar-refractivity contribution in [1.29, 1.82) is 5.26 Å². The van der Waals surface area contributed by atoms with Gasteiger partial charge in [0.1, 0.15) is 6.04 Å². The van der Waals surface area contributed by atoms with Gasteiger partial charge in [-0.3, -0.25) is 14.5 Å². The Bertz CT molecular complexity index is 1840. The van der Waals surface area contributed by atoms with Gasteiger partial charge in [-0.25, -0.2) is 14.4 Å². The number of anilines is 3. The molecule has 1 atom stereocenters. The molecule has 0 saturated heterocycles. The van der Waals surface area contributed by atoms with E-state index < -0.39 is 29.6 Å². The number of fused-ring (bicyclic) bond motifs is 2. The Morgan fingerprint density at radius 2 is 1.61 bits per heavy atom. The molecule has 0 bridgehead atoms. The molecule has 2 amide bonds. The average Bonchev–Trinajstić information content (AvgIpc) is 3.50. The Morgan fingerprint density at radius 3 is 2.20 bits per heavy atom. The number of amides is 2. The maximum absolute atomic E-state index is 13.6. The molecule has 0 unspecified atom stereocenters. The zero-order valence-corrected chi connectivity index (χ0v) is 21.1. The van der Waals surface area contributed by atoms with Crippen LogP contribution in [0.25, 0.3) is 4.85 Å². The molecule has 4 aromatic rings. The van der Waals surface area contributed by atoms with E-state index in [1.807, 2.05) is 6.07 Å². The van der Waals surface area contributed by atoms with Gasteiger partial charge >= 0.3 is 6.18 Å². The summed E-state index contributed by atoms with van der Waals surface area (Å²) < 4.78 is 42.2. The van der Waals surface area contributed by atoms with Gasteiger partial charge in [-0.05, 0) is 55.0 Å². The van der Waals surface area contributed by atoms with Gasteiger partial charge in [0.15, 0.2) is 0 Å². The van der Waals surface area contributed by atoms with Gasteiger partial charge in [-0.1, -0.05) is 30.3 Å². The molecule has 2 aliphatic heterocycles. The fourth-order valence-corrected chi connectivity index (χ4v) is 4.99. The van der Waals surface area contributed by atoms with Crippen LogP contribution in [0.5, 0.6) is 0 Å². The summed E-state index contributed by atoms with van der Waals surface area (Å²) in [6, 6.07) is 18.3. The Balaban J connectivity index is 1.57. The van der Waals surface area contributed by atoms with Gasteiger partial charge in [-0.2, -0.15) is 23.4 Å². The van der Waals surface area contributed by atoms with E-state index in [2.05, 4.69) is 14.9 Å². The number of rotatable bonds is 3. The summed E-state index contributed by atoms with van der Waals surface area (Å²) in [7, 11) is 0. The average molecular weight is 551 g/mol. The summed E-state index contributed by atoms with van der Waals surface area (Å²) in [5, 5.41) is 13.7. The second kappa shape index (κ2) is 9.17. The SMILES string of the molecule is [C-]#[N+]C1=C(C)N(c2cccc(C(F)(F)F)c2)c2nc(N3C(=O)c4ccccc4C3=O)nn2[C@@H]1c1ccc(C#N)cc1. The van der Waals surface area contributed by atoms with Crippen LogP contribution in [-0.4, -0.2) is 26.6 Å². The van der Waals surface area contributed by atoms with Crippen molar-refractivity contribution in [2.24, 2.45) is 0 Å². The van der Waals surface area contributed by atoms with Crippen molar-refractivity contribution >= 4 is 29.4 Å². The minimum absolute atomic E-state index is 0.00450. The summed E-state index contributed by atoms with van der Waals surface area (Å²) in [5.74, 6) is -1.59. The molecule has 200 valence electrons. The third-order valence-electron chi connectivity index (χ3n) is 6.91. The zero-order chi connectivity index (χ0) is 29.1. The van der Waals surface area contributed by atoms with E-state index in [-0.39, 0.29) is 40.1 Å². The van der Waals surface area contributed by atoms with Crippen molar-refractivity contribution in [1.82, 2.24) is 14.8 Å². The number of nitriles is 1. The van der Waals surface area contributed by atoms with Crippen LogP contribution >= 0.6 is 0 Å². The van der Waals surface area contributed by atoms with Gasteiger partial charge in [0.05, 0.1) is 34.9 Å². The Hall–Kier alpha value is -5.75. The molecule has 0 saturated carbocycles. The van der Waals surface area contributed by atoms with E-state index in [1.54, 1.807) is 43.3 Å². The Labute approximate surface area is 230 Å². The van der Waals surface area contributed by atoms with Crippen LogP contribution in [0.2, 0.25) is 0 Å². The quantitative estimate of drug-likeness (QED) is 0.234. The van der Waals surface area contributed by atoms with Crippen molar-refractivity contribution in [2.75, 3.05) is 9.80 Å². The molecule has 0 aliphatic carbocycles. The molecule has 1 aromatic heterocycles. The summed E-state index contributed by atoms with van der Waals surface area (Å²) in [6.07, 6.45) is -4.63. The van der Waals surface area contributed by atoms with E-state index in [1.165, 1.54) is 33.8 Å². The highest BCUT2D eigenvalue weighted by Crippen LogP contribution is 2.44. The molecular weight excluding hydrogens is 535 g/mol. The molecule has 0 N–H and O–H groups in total. The van der Waals surface area contributed by atoms with Crippen LogP contribution < -0.4 is 9.80 Å². The number of carbonyl (C=O) groups excluding carboxylic acids is 2. The van der Waals surface area contributed by atoms with Crippen molar-refractivity contribution in [3.8, 4) is 6.07 Å². The minimum atomic E-state index is -4.63. The van der Waals surface area contributed by atoms with Crippen LogP contribution in [-0.2, 0) is 6.18 Å². The number of hydrogen-bond donors (Lipinski definition) is 0. The number of imide groups is 1. The number of hydrogen-bond acceptors (Lipinski definition) is 6. The van der Waals surface area contributed by atoms with Crippen LogP contribution in [0, 0.1) is 17.9 Å². The fraction of sp³-hybridized carbons (Fsp3) is 0.103. The second-order valence-corrected chi connectivity index (χ2v) is 9.25. The maximum Gasteiger partial charge on any atom is 0.416 e. The minimum Gasteiger partial charge on any atom is -0.294 e. The third-order valence-corrected chi connectivity index (χ3v) is 6.91. The lowest BCUT2D eigenvalue weighted by atomic mass is 9.99. The molecule has 0 radical (unpaired) electrons. The predicted molar refractivity (Wildman–Crippen MR) is 140 cm³/mol. The molecule has 3 heterocycles. The molecule has 12 heteroatoms. The maximum atomic E-state index is 13.6. The molecule has 41 heavy (non-hydrogen) atoms. The molecular formula is C29H16F3N7O2. The number of nitrogens with zero attached hydrogens (tertiary/aromatic N) is 7. The van der Waals surface area contributed by atoms with Crippen molar-refractivity contribution in [3.05, 3.63) is 123 Å². The first kappa shape index (κ1) is 25.5. The fourth-order valence-electron chi connectivity index (χ4n) is 4.99. The first-order valence-corrected chi connectivity index (χ1v) is 12.1. The van der Waals surface area contributed by atoms with Crippen LogP contribution in [0.3, 0.4) is 0 Å². The third kappa shape index (κ3) is 3.93. The zero-order valence-electron chi connectivity index (χ0n) is 21.1. The van der Waals surface area contributed by atoms with Gasteiger partial charge in [0, 0.05) is 11.4 Å². The van der Waals surface area contributed by atoms with Crippen LogP contribution in [0.15, 0.2) is 84.2 Å². The molecule has 3 aromatic carbocycles. The lowest BCUT2D eigenvalue weighted by molar-refractivity contribution is -0.137. The smallest absolute Gasteiger partial charge is 0.294 e. The summed E-state index contributed by atoms with van der Waals surface area (Å²) in [5.41, 5.74) is 0.803. The van der Waals surface area contributed by atoms with Gasteiger partial charge in [0.25, 0.3) is 17.8 Å². The van der Waals surface area contributed by atoms with E-state index >= 15 is 0 Å². The van der Waals surface area contributed by atoms with Gasteiger partial charge in [-0.15, -0.1) is 5.10 Å². The van der Waals surface area contributed by atoms with Crippen molar-refractivity contribution in [3.63, 3.8) is 0 Å². The lowest BCUT2D eigenvalue weighted by Gasteiger charge is -2.34.